The quantitative estimate of drug-likeness (QED) is 0.591. The molecule has 16 heavy (non-hydrogen) atoms. The van der Waals surface area contributed by atoms with E-state index < -0.39 is 4.92 Å². The van der Waals surface area contributed by atoms with Crippen molar-refractivity contribution in [3.63, 3.8) is 0 Å². The molecule has 0 amide bonds. The third-order valence-corrected chi connectivity index (χ3v) is 3.28. The summed E-state index contributed by atoms with van der Waals surface area (Å²) in [7, 11) is 0. The second kappa shape index (κ2) is 4.98. The van der Waals surface area contributed by atoms with E-state index in [1.807, 2.05) is 17.0 Å². The van der Waals surface area contributed by atoms with Gasteiger partial charge in [0.2, 0.25) is 0 Å². The Morgan fingerprint density at radius 3 is 3.25 bits per heavy atom. The summed E-state index contributed by atoms with van der Waals surface area (Å²) in [6, 6.07) is 3.84. The van der Waals surface area contributed by atoms with Gasteiger partial charge in [-0.25, -0.2) is 0 Å². The average molecular weight is 237 g/mol. The summed E-state index contributed by atoms with van der Waals surface area (Å²) in [5, 5.41) is 11.2. The molecule has 2 heterocycles. The zero-order valence-corrected chi connectivity index (χ0v) is 9.39. The number of nitrogens with zero attached hydrogens (tertiary/aromatic N) is 3. The maximum atomic E-state index is 10.4. The van der Waals surface area contributed by atoms with Crippen LogP contribution in [0.4, 0.5) is 0 Å². The van der Waals surface area contributed by atoms with Crippen LogP contribution in [-0.4, -0.2) is 27.1 Å². The molecule has 1 aromatic heterocycles. The predicted octanol–water partition coefficient (Wildman–Crippen LogP) is 1.71. The summed E-state index contributed by atoms with van der Waals surface area (Å²) in [5.74, 6) is 0.903. The van der Waals surface area contributed by atoms with Crippen molar-refractivity contribution in [3.05, 3.63) is 51.4 Å². The van der Waals surface area contributed by atoms with Gasteiger partial charge in [-0.2, -0.15) is 0 Å². The SMILES string of the molecule is O=[N+]([O-])/C=C1/SCCN1Cc1cccnc1. The summed E-state index contributed by atoms with van der Waals surface area (Å²) in [6.45, 7) is 1.53. The van der Waals surface area contributed by atoms with Gasteiger partial charge in [-0.05, 0) is 11.6 Å². The van der Waals surface area contributed by atoms with Crippen LogP contribution >= 0.6 is 11.8 Å². The molecule has 0 radical (unpaired) electrons. The monoisotopic (exact) mass is 237 g/mol. The van der Waals surface area contributed by atoms with E-state index in [1.54, 1.807) is 12.4 Å². The van der Waals surface area contributed by atoms with Crippen molar-refractivity contribution in [2.75, 3.05) is 12.3 Å². The molecular weight excluding hydrogens is 226 g/mol. The van der Waals surface area contributed by atoms with Crippen molar-refractivity contribution in [1.82, 2.24) is 9.88 Å². The number of thioether (sulfide) groups is 1. The second-order valence-electron chi connectivity index (χ2n) is 3.38. The van der Waals surface area contributed by atoms with Gasteiger partial charge in [0.25, 0.3) is 6.20 Å². The Morgan fingerprint density at radius 1 is 1.69 bits per heavy atom. The van der Waals surface area contributed by atoms with Crippen molar-refractivity contribution in [3.8, 4) is 0 Å². The second-order valence-corrected chi connectivity index (χ2v) is 4.50. The first kappa shape index (κ1) is 10.9. The fourth-order valence-electron chi connectivity index (χ4n) is 1.54. The summed E-state index contributed by atoms with van der Waals surface area (Å²) in [5.41, 5.74) is 1.07. The highest BCUT2D eigenvalue weighted by Crippen LogP contribution is 2.28. The molecule has 1 aliphatic rings. The van der Waals surface area contributed by atoms with Crippen LogP contribution < -0.4 is 0 Å². The zero-order valence-electron chi connectivity index (χ0n) is 8.57. The third-order valence-electron chi connectivity index (χ3n) is 2.23. The molecule has 2 rings (SSSR count). The fourth-order valence-corrected chi connectivity index (χ4v) is 2.56. The Morgan fingerprint density at radius 2 is 2.56 bits per heavy atom. The van der Waals surface area contributed by atoms with E-state index >= 15 is 0 Å². The molecule has 0 aromatic carbocycles. The minimum absolute atomic E-state index is 0.399. The number of aromatic nitrogens is 1. The molecule has 0 bridgehead atoms. The lowest BCUT2D eigenvalue weighted by atomic mass is 10.3. The molecule has 0 atom stereocenters. The van der Waals surface area contributed by atoms with Gasteiger partial charge in [0.15, 0.2) is 0 Å². The lowest BCUT2D eigenvalue weighted by Crippen LogP contribution is -2.18. The fraction of sp³-hybridized carbons (Fsp3) is 0.300. The van der Waals surface area contributed by atoms with Crippen molar-refractivity contribution in [1.29, 1.82) is 0 Å². The van der Waals surface area contributed by atoms with E-state index in [4.69, 9.17) is 0 Å². The van der Waals surface area contributed by atoms with E-state index in [9.17, 15) is 10.1 Å². The number of hydrogen-bond acceptors (Lipinski definition) is 5. The molecule has 1 fully saturated rings. The highest BCUT2D eigenvalue weighted by Gasteiger charge is 2.20. The van der Waals surface area contributed by atoms with Gasteiger partial charge in [0, 0.05) is 31.2 Å². The van der Waals surface area contributed by atoms with Crippen LogP contribution in [0.25, 0.3) is 0 Å². The Bertz CT molecular complexity index is 408. The zero-order chi connectivity index (χ0) is 11.4. The minimum atomic E-state index is -0.399. The molecule has 0 aliphatic carbocycles. The van der Waals surface area contributed by atoms with Crippen molar-refractivity contribution >= 4 is 11.8 Å². The molecule has 1 aromatic rings. The van der Waals surface area contributed by atoms with Gasteiger partial charge in [-0.1, -0.05) is 6.07 Å². The Balaban J connectivity index is 2.07. The van der Waals surface area contributed by atoms with Crippen LogP contribution in [0, 0.1) is 10.1 Å². The van der Waals surface area contributed by atoms with E-state index in [-0.39, 0.29) is 0 Å². The topological polar surface area (TPSA) is 59.3 Å². The summed E-state index contributed by atoms with van der Waals surface area (Å²) in [4.78, 5) is 16.1. The lowest BCUT2D eigenvalue weighted by Gasteiger charge is -2.16. The largest absolute Gasteiger partial charge is 0.356 e. The minimum Gasteiger partial charge on any atom is -0.356 e. The van der Waals surface area contributed by atoms with Crippen LogP contribution in [-0.2, 0) is 6.54 Å². The first-order chi connectivity index (χ1) is 7.75. The van der Waals surface area contributed by atoms with E-state index in [0.29, 0.717) is 6.54 Å². The molecule has 0 spiro atoms. The molecule has 6 heteroatoms. The average Bonchev–Trinajstić information content (AvgIpc) is 2.66. The smallest absolute Gasteiger partial charge is 0.264 e. The molecule has 1 saturated heterocycles. The Labute approximate surface area is 97.3 Å². The van der Waals surface area contributed by atoms with Crippen molar-refractivity contribution < 1.29 is 4.92 Å². The predicted molar refractivity (Wildman–Crippen MR) is 62.2 cm³/mol. The molecular formula is C10H11N3O2S. The number of pyridine rings is 1. The van der Waals surface area contributed by atoms with Crippen LogP contribution in [0.3, 0.4) is 0 Å². The van der Waals surface area contributed by atoms with Crippen LogP contribution in [0.2, 0.25) is 0 Å². The summed E-state index contributed by atoms with van der Waals surface area (Å²) >= 11 is 1.52. The van der Waals surface area contributed by atoms with Crippen LogP contribution in [0.5, 0.6) is 0 Å². The Hall–Kier alpha value is -1.56. The number of hydrogen-bond donors (Lipinski definition) is 0. The first-order valence-corrected chi connectivity index (χ1v) is 5.86. The molecule has 0 saturated carbocycles. The summed E-state index contributed by atoms with van der Waals surface area (Å²) in [6.07, 6.45) is 4.58. The molecule has 1 aliphatic heterocycles. The lowest BCUT2D eigenvalue weighted by molar-refractivity contribution is -0.403. The van der Waals surface area contributed by atoms with E-state index in [0.717, 1.165) is 29.1 Å². The Kier molecular flexibility index (Phi) is 3.40. The molecule has 5 nitrogen and oxygen atoms in total. The molecule has 0 unspecified atom stereocenters. The maximum absolute atomic E-state index is 10.4. The van der Waals surface area contributed by atoms with Gasteiger partial charge in [-0.3, -0.25) is 15.1 Å². The third kappa shape index (κ3) is 2.73. The highest BCUT2D eigenvalue weighted by atomic mass is 32.2. The van der Waals surface area contributed by atoms with Gasteiger partial charge >= 0.3 is 0 Å². The van der Waals surface area contributed by atoms with E-state index in [1.165, 1.54) is 11.8 Å². The van der Waals surface area contributed by atoms with Gasteiger partial charge < -0.3 is 4.90 Å². The number of rotatable bonds is 3. The van der Waals surface area contributed by atoms with Crippen LogP contribution in [0.15, 0.2) is 35.8 Å². The molecule has 0 N–H and O–H groups in total. The first-order valence-electron chi connectivity index (χ1n) is 4.87. The van der Waals surface area contributed by atoms with Crippen LogP contribution in [0.1, 0.15) is 5.56 Å². The standard InChI is InChI=1S/C10H11N3O2S/c14-13(15)8-10-12(4-5-16-10)7-9-2-1-3-11-6-9/h1-3,6,8H,4-5,7H2/b10-8+. The highest BCUT2D eigenvalue weighted by molar-refractivity contribution is 8.03. The summed E-state index contributed by atoms with van der Waals surface area (Å²) < 4.78 is 0. The normalized spacial score (nSPS) is 18.0. The van der Waals surface area contributed by atoms with E-state index in [2.05, 4.69) is 4.98 Å². The number of nitro groups is 1. The molecule has 84 valence electrons. The van der Waals surface area contributed by atoms with Gasteiger partial charge in [0.05, 0.1) is 4.92 Å². The maximum Gasteiger partial charge on any atom is 0.264 e. The van der Waals surface area contributed by atoms with Crippen molar-refractivity contribution in [2.24, 2.45) is 0 Å². The van der Waals surface area contributed by atoms with Gasteiger partial charge in [-0.15, -0.1) is 11.8 Å². The van der Waals surface area contributed by atoms with Crippen molar-refractivity contribution in [2.45, 2.75) is 6.54 Å². The van der Waals surface area contributed by atoms with Gasteiger partial charge in [0.1, 0.15) is 5.03 Å².